The van der Waals surface area contributed by atoms with Crippen LogP contribution in [-0.4, -0.2) is 27.9 Å². The lowest BCUT2D eigenvalue weighted by Crippen LogP contribution is -2.30. The Kier molecular flexibility index (Phi) is 7.60. The molecule has 15 heteroatoms. The Balaban J connectivity index is 2.31. The molecule has 0 bridgehead atoms. The number of benzene rings is 2. The predicted molar refractivity (Wildman–Crippen MR) is 104 cm³/mol. The minimum atomic E-state index is -5.95. The normalized spacial score (nSPS) is 15.0. The van der Waals surface area contributed by atoms with Crippen molar-refractivity contribution < 1.29 is 51.5 Å². The van der Waals surface area contributed by atoms with E-state index in [2.05, 4.69) is 13.7 Å². The Morgan fingerprint density at radius 3 is 1.27 bits per heavy atom. The summed E-state index contributed by atoms with van der Waals surface area (Å²) in [4.78, 5) is 0. The van der Waals surface area contributed by atoms with Gasteiger partial charge in [0.05, 0.1) is 0 Å². The standard InChI is InChI=1S/C18H17F6NO6S2/c1-11(13-7-3-5-9-15(13)30-32(26,27)17(19,20)21)25-12(2)14-8-4-6-10-16(14)31-33(28,29)18(22,23)24/h3-12,25H,1-2H3/t11-,12-/m1/s1. The maximum atomic E-state index is 12.7. The van der Waals surface area contributed by atoms with Crippen LogP contribution in [0.15, 0.2) is 48.5 Å². The minimum Gasteiger partial charge on any atom is -0.376 e. The van der Waals surface area contributed by atoms with Crippen LogP contribution in [0, 0.1) is 0 Å². The summed E-state index contributed by atoms with van der Waals surface area (Å²) in [6, 6.07) is 8.04. The molecule has 2 atom stereocenters. The fraction of sp³-hybridized carbons (Fsp3) is 0.333. The third-order valence-electron chi connectivity index (χ3n) is 4.24. The van der Waals surface area contributed by atoms with E-state index >= 15 is 0 Å². The van der Waals surface area contributed by atoms with Gasteiger partial charge in [0, 0.05) is 23.2 Å². The second-order valence-corrected chi connectivity index (χ2v) is 9.73. The molecule has 0 aromatic heterocycles. The van der Waals surface area contributed by atoms with Crippen LogP contribution < -0.4 is 13.7 Å². The molecule has 2 aromatic rings. The first-order valence-electron chi connectivity index (χ1n) is 8.91. The smallest absolute Gasteiger partial charge is 0.376 e. The molecule has 2 rings (SSSR count). The molecule has 0 radical (unpaired) electrons. The van der Waals surface area contributed by atoms with E-state index in [1.807, 2.05) is 0 Å². The van der Waals surface area contributed by atoms with E-state index in [0.29, 0.717) is 0 Å². The van der Waals surface area contributed by atoms with Crippen molar-refractivity contribution in [2.24, 2.45) is 0 Å². The molecule has 1 N–H and O–H groups in total. The summed E-state index contributed by atoms with van der Waals surface area (Å²) in [5, 5.41) is 2.83. The van der Waals surface area contributed by atoms with Gasteiger partial charge >= 0.3 is 31.3 Å². The van der Waals surface area contributed by atoms with Crippen molar-refractivity contribution in [1.82, 2.24) is 5.32 Å². The van der Waals surface area contributed by atoms with Gasteiger partial charge < -0.3 is 13.7 Å². The molecule has 0 aliphatic heterocycles. The first kappa shape index (κ1) is 26.7. The highest BCUT2D eigenvalue weighted by molar-refractivity contribution is 7.88. The van der Waals surface area contributed by atoms with Gasteiger partial charge in [-0.25, -0.2) is 0 Å². The molecule has 0 saturated carbocycles. The Morgan fingerprint density at radius 1 is 0.667 bits per heavy atom. The lowest BCUT2D eigenvalue weighted by Gasteiger charge is -2.24. The van der Waals surface area contributed by atoms with Crippen molar-refractivity contribution >= 4 is 20.2 Å². The van der Waals surface area contributed by atoms with Crippen LogP contribution in [0.1, 0.15) is 37.1 Å². The molecule has 2 aromatic carbocycles. The van der Waals surface area contributed by atoms with E-state index in [4.69, 9.17) is 0 Å². The Morgan fingerprint density at radius 2 is 0.970 bits per heavy atom. The molecule has 184 valence electrons. The van der Waals surface area contributed by atoms with Crippen LogP contribution in [0.25, 0.3) is 0 Å². The molecule has 0 saturated heterocycles. The van der Waals surface area contributed by atoms with E-state index in [-0.39, 0.29) is 11.1 Å². The Bertz CT molecular complexity index is 1100. The van der Waals surface area contributed by atoms with Gasteiger partial charge in [0.2, 0.25) is 0 Å². The zero-order chi connectivity index (χ0) is 25.2. The van der Waals surface area contributed by atoms with Crippen molar-refractivity contribution in [3.05, 3.63) is 59.7 Å². The number of halogens is 6. The Labute approximate surface area is 185 Å². The summed E-state index contributed by atoms with van der Waals surface area (Å²) in [5.41, 5.74) is -11.4. The molecule has 0 amide bonds. The maximum Gasteiger partial charge on any atom is 0.534 e. The van der Waals surface area contributed by atoms with Crippen LogP contribution in [0.2, 0.25) is 0 Å². The number of hydrogen-bond donors (Lipinski definition) is 1. The summed E-state index contributed by atoms with van der Waals surface area (Å²) in [6.45, 7) is 2.85. The van der Waals surface area contributed by atoms with Gasteiger partial charge in [0.25, 0.3) is 0 Å². The summed E-state index contributed by atoms with van der Waals surface area (Å²) in [5.74, 6) is -1.24. The first-order valence-corrected chi connectivity index (χ1v) is 11.7. The second kappa shape index (κ2) is 9.38. The van der Waals surface area contributed by atoms with Crippen LogP contribution in [0.4, 0.5) is 26.3 Å². The van der Waals surface area contributed by atoms with E-state index in [0.717, 1.165) is 12.1 Å². The zero-order valence-corrected chi connectivity index (χ0v) is 18.4. The first-order chi connectivity index (χ1) is 15.0. The average molecular weight is 521 g/mol. The molecular formula is C18H17F6NO6S2. The monoisotopic (exact) mass is 521 g/mol. The van der Waals surface area contributed by atoms with Crippen molar-refractivity contribution in [2.75, 3.05) is 0 Å². The number of para-hydroxylation sites is 2. The van der Waals surface area contributed by atoms with E-state index in [9.17, 15) is 43.2 Å². The largest absolute Gasteiger partial charge is 0.534 e. The molecule has 0 fully saturated rings. The maximum absolute atomic E-state index is 12.7. The van der Waals surface area contributed by atoms with Gasteiger partial charge in [-0.3, -0.25) is 0 Å². The highest BCUT2D eigenvalue weighted by Crippen LogP contribution is 2.35. The highest BCUT2D eigenvalue weighted by atomic mass is 32.2. The third kappa shape index (κ3) is 6.29. The van der Waals surface area contributed by atoms with Crippen LogP contribution in [0.3, 0.4) is 0 Å². The summed E-state index contributed by atoms with van der Waals surface area (Å²) in [7, 11) is -11.9. The number of alkyl halides is 6. The van der Waals surface area contributed by atoms with Gasteiger partial charge in [0.1, 0.15) is 11.5 Å². The van der Waals surface area contributed by atoms with Crippen LogP contribution >= 0.6 is 0 Å². The van der Waals surface area contributed by atoms with Gasteiger partial charge in [-0.2, -0.15) is 43.2 Å². The van der Waals surface area contributed by atoms with Gasteiger partial charge in [0.15, 0.2) is 0 Å². The number of nitrogens with one attached hydrogen (secondary N) is 1. The van der Waals surface area contributed by atoms with Gasteiger partial charge in [-0.15, -0.1) is 0 Å². The summed E-state index contributed by atoms with van der Waals surface area (Å²) < 4.78 is 130. The fourth-order valence-electron chi connectivity index (χ4n) is 2.71. The second-order valence-electron chi connectivity index (χ2n) is 6.65. The molecule has 0 spiro atoms. The van der Waals surface area contributed by atoms with Crippen molar-refractivity contribution in [3.63, 3.8) is 0 Å². The quantitative estimate of drug-likeness (QED) is 0.309. The van der Waals surface area contributed by atoms with Crippen molar-refractivity contribution in [2.45, 2.75) is 36.9 Å². The molecule has 7 nitrogen and oxygen atoms in total. The lowest BCUT2D eigenvalue weighted by atomic mass is 10.0. The van der Waals surface area contributed by atoms with Gasteiger partial charge in [-0.1, -0.05) is 36.4 Å². The van der Waals surface area contributed by atoms with Gasteiger partial charge in [-0.05, 0) is 26.0 Å². The van der Waals surface area contributed by atoms with E-state index < -0.39 is 54.8 Å². The van der Waals surface area contributed by atoms with E-state index in [1.165, 1.54) is 50.2 Å². The molecule has 0 unspecified atom stereocenters. The highest BCUT2D eigenvalue weighted by Gasteiger charge is 2.49. The number of hydrogen-bond acceptors (Lipinski definition) is 7. The molecule has 0 aliphatic rings. The SMILES string of the molecule is C[C@@H](N[C@H](C)c1ccccc1OS(=O)(=O)C(F)(F)F)c1ccccc1OS(=O)(=O)C(F)(F)F. The molecule has 33 heavy (non-hydrogen) atoms. The zero-order valence-electron chi connectivity index (χ0n) is 16.8. The number of rotatable bonds is 8. The van der Waals surface area contributed by atoms with Crippen LogP contribution in [0.5, 0.6) is 11.5 Å². The topological polar surface area (TPSA) is 98.8 Å². The lowest BCUT2D eigenvalue weighted by molar-refractivity contribution is -0.0505. The van der Waals surface area contributed by atoms with E-state index in [1.54, 1.807) is 0 Å². The van der Waals surface area contributed by atoms with Crippen molar-refractivity contribution in [1.29, 1.82) is 0 Å². The summed E-state index contributed by atoms with van der Waals surface area (Å²) in [6.07, 6.45) is 0. The molecule has 0 aliphatic carbocycles. The average Bonchev–Trinajstić information content (AvgIpc) is 2.66. The Hall–Kier alpha value is -2.52. The fourth-order valence-corrected chi connectivity index (χ4v) is 3.68. The molecule has 0 heterocycles. The summed E-state index contributed by atoms with van der Waals surface area (Å²) >= 11 is 0. The van der Waals surface area contributed by atoms with Crippen LogP contribution in [-0.2, 0) is 20.2 Å². The molecular weight excluding hydrogens is 504 g/mol. The predicted octanol–water partition coefficient (Wildman–Crippen LogP) is 4.56. The van der Waals surface area contributed by atoms with Crippen molar-refractivity contribution in [3.8, 4) is 11.5 Å². The minimum absolute atomic E-state index is 0.0153. The third-order valence-corrected chi connectivity index (χ3v) is 6.17.